The molecular formula is C21H26N3OS2+. The first-order chi connectivity index (χ1) is 12.9. The average molecular weight is 401 g/mol. The van der Waals surface area contributed by atoms with Crippen LogP contribution < -0.4 is 9.80 Å². The van der Waals surface area contributed by atoms with Gasteiger partial charge in [-0.2, -0.15) is 0 Å². The number of hydrogen-bond donors (Lipinski definition) is 1. The van der Waals surface area contributed by atoms with Gasteiger partial charge in [0.15, 0.2) is 5.13 Å². The van der Waals surface area contributed by atoms with Gasteiger partial charge in [-0.15, -0.1) is 11.8 Å². The fraction of sp³-hybridized carbons (Fsp3) is 0.333. The average Bonchev–Trinajstić information content (AvgIpc) is 3.05. The maximum atomic E-state index is 13.3. The molecule has 1 amide bonds. The predicted molar refractivity (Wildman–Crippen MR) is 117 cm³/mol. The Morgan fingerprint density at radius 1 is 1.19 bits per heavy atom. The van der Waals surface area contributed by atoms with Crippen LogP contribution in [0.25, 0.3) is 10.2 Å². The van der Waals surface area contributed by atoms with Gasteiger partial charge in [0.05, 0.1) is 37.4 Å². The van der Waals surface area contributed by atoms with Crippen LogP contribution in [0.2, 0.25) is 0 Å². The van der Waals surface area contributed by atoms with Crippen LogP contribution in [0.1, 0.15) is 21.5 Å². The molecule has 1 N–H and O–H groups in total. The number of fused-ring (bicyclic) bond motifs is 1. The van der Waals surface area contributed by atoms with E-state index in [1.165, 1.54) is 16.0 Å². The maximum Gasteiger partial charge on any atom is 0.260 e. The number of quaternary nitrogens is 1. The lowest BCUT2D eigenvalue weighted by molar-refractivity contribution is -0.856. The number of thiazole rings is 1. The van der Waals surface area contributed by atoms with Gasteiger partial charge in [-0.25, -0.2) is 4.98 Å². The lowest BCUT2D eigenvalue weighted by Crippen LogP contribution is -3.06. The molecule has 0 saturated heterocycles. The zero-order chi connectivity index (χ0) is 19.6. The molecule has 1 heterocycles. The number of thioether (sulfide) groups is 1. The van der Waals surface area contributed by atoms with E-state index in [2.05, 4.69) is 40.1 Å². The first-order valence-electron chi connectivity index (χ1n) is 9.02. The topological polar surface area (TPSA) is 37.6 Å². The Kier molecular flexibility index (Phi) is 6.19. The molecule has 0 fully saturated rings. The monoisotopic (exact) mass is 400 g/mol. The third kappa shape index (κ3) is 4.51. The summed E-state index contributed by atoms with van der Waals surface area (Å²) in [5.41, 5.74) is 4.08. The van der Waals surface area contributed by atoms with Crippen molar-refractivity contribution in [3.8, 4) is 0 Å². The van der Waals surface area contributed by atoms with Crippen molar-refractivity contribution >= 4 is 44.4 Å². The summed E-state index contributed by atoms with van der Waals surface area (Å²) in [5, 5.41) is 0.777. The van der Waals surface area contributed by atoms with E-state index in [1.807, 2.05) is 35.4 Å². The van der Waals surface area contributed by atoms with Crippen LogP contribution in [0, 0.1) is 13.8 Å². The van der Waals surface area contributed by atoms with Crippen molar-refractivity contribution in [1.82, 2.24) is 4.98 Å². The number of likely N-dealkylation sites (N-methyl/N-ethyl adjacent to an activating group) is 1. The quantitative estimate of drug-likeness (QED) is 0.644. The molecule has 0 aliphatic rings. The smallest absolute Gasteiger partial charge is 0.260 e. The third-order valence-corrected chi connectivity index (χ3v) is 6.43. The first-order valence-corrected chi connectivity index (χ1v) is 11.1. The molecule has 0 aliphatic heterocycles. The van der Waals surface area contributed by atoms with Gasteiger partial charge in [-0.05, 0) is 61.6 Å². The number of aromatic nitrogens is 1. The second kappa shape index (κ2) is 8.42. The van der Waals surface area contributed by atoms with Crippen molar-refractivity contribution in [3.63, 3.8) is 0 Å². The van der Waals surface area contributed by atoms with Gasteiger partial charge in [0.1, 0.15) is 0 Å². The predicted octanol–water partition coefficient (Wildman–Crippen LogP) is 3.43. The van der Waals surface area contributed by atoms with Crippen LogP contribution in [0.15, 0.2) is 41.3 Å². The highest BCUT2D eigenvalue weighted by atomic mass is 32.2. The van der Waals surface area contributed by atoms with Crippen LogP contribution in [-0.4, -0.2) is 44.3 Å². The third-order valence-electron chi connectivity index (χ3n) is 4.46. The van der Waals surface area contributed by atoms with Crippen LogP contribution >= 0.6 is 23.1 Å². The van der Waals surface area contributed by atoms with Crippen LogP contribution in [0.4, 0.5) is 5.13 Å². The second-order valence-corrected chi connectivity index (χ2v) is 8.93. The summed E-state index contributed by atoms with van der Waals surface area (Å²) in [6, 6.07) is 12.1. The Morgan fingerprint density at radius 2 is 1.89 bits per heavy atom. The van der Waals surface area contributed by atoms with Gasteiger partial charge in [-0.1, -0.05) is 17.4 Å². The number of amides is 1. The standard InChI is InChI=1S/C21H25N3OS2/c1-14-12-15(2)19-18(13-14)22-21(27-19)24(11-10-23(3)4)20(25)16-6-8-17(26-5)9-7-16/h6-9,12-13H,10-11H2,1-5H3/p+1. The van der Waals surface area contributed by atoms with Gasteiger partial charge < -0.3 is 4.90 Å². The second-order valence-electron chi connectivity index (χ2n) is 7.07. The summed E-state index contributed by atoms with van der Waals surface area (Å²) in [6.45, 7) is 5.69. The van der Waals surface area contributed by atoms with E-state index in [-0.39, 0.29) is 5.91 Å². The lowest BCUT2D eigenvalue weighted by Gasteiger charge is -2.20. The molecule has 142 valence electrons. The molecule has 0 bridgehead atoms. The van der Waals surface area contributed by atoms with Gasteiger partial charge >= 0.3 is 0 Å². The molecule has 0 atom stereocenters. The number of carbonyl (C=O) groups excluding carboxylic acids is 1. The fourth-order valence-electron chi connectivity index (χ4n) is 2.99. The number of rotatable bonds is 6. The highest BCUT2D eigenvalue weighted by Crippen LogP contribution is 2.32. The number of nitrogens with one attached hydrogen (secondary N) is 1. The number of hydrogen-bond acceptors (Lipinski definition) is 4. The van der Waals surface area contributed by atoms with Gasteiger partial charge in [-0.3, -0.25) is 9.69 Å². The number of carbonyl (C=O) groups is 1. The molecule has 27 heavy (non-hydrogen) atoms. The van der Waals surface area contributed by atoms with E-state index in [0.717, 1.165) is 26.8 Å². The molecule has 0 unspecified atom stereocenters. The van der Waals surface area contributed by atoms with Crippen molar-refractivity contribution in [1.29, 1.82) is 0 Å². The first kappa shape index (κ1) is 19.9. The van der Waals surface area contributed by atoms with Crippen molar-refractivity contribution in [3.05, 3.63) is 53.1 Å². The molecule has 0 radical (unpaired) electrons. The Labute approximate surface area is 169 Å². The van der Waals surface area contributed by atoms with Crippen LogP contribution in [0.3, 0.4) is 0 Å². The molecule has 2 aromatic carbocycles. The van der Waals surface area contributed by atoms with Crippen molar-refractivity contribution in [2.75, 3.05) is 38.3 Å². The Bertz CT molecular complexity index is 948. The van der Waals surface area contributed by atoms with E-state index in [1.54, 1.807) is 23.1 Å². The molecule has 0 saturated carbocycles. The fourth-order valence-corrected chi connectivity index (χ4v) is 4.44. The number of nitrogens with zero attached hydrogens (tertiary/aromatic N) is 2. The molecule has 3 aromatic rings. The molecule has 0 spiro atoms. The lowest BCUT2D eigenvalue weighted by atomic mass is 10.1. The molecule has 6 heteroatoms. The maximum absolute atomic E-state index is 13.3. The summed E-state index contributed by atoms with van der Waals surface area (Å²) in [4.78, 5) is 22.4. The van der Waals surface area contributed by atoms with E-state index in [4.69, 9.17) is 4.98 Å². The van der Waals surface area contributed by atoms with Crippen molar-refractivity contribution in [2.24, 2.45) is 0 Å². The van der Waals surface area contributed by atoms with Crippen LogP contribution in [-0.2, 0) is 0 Å². The van der Waals surface area contributed by atoms with Crippen molar-refractivity contribution < 1.29 is 9.69 Å². The zero-order valence-electron chi connectivity index (χ0n) is 16.5. The molecular weight excluding hydrogens is 374 g/mol. The summed E-state index contributed by atoms with van der Waals surface area (Å²) in [6.07, 6.45) is 2.04. The Hall–Kier alpha value is -1.89. The molecule has 0 aliphatic carbocycles. The van der Waals surface area contributed by atoms with Gasteiger partial charge in [0, 0.05) is 10.5 Å². The zero-order valence-corrected chi connectivity index (χ0v) is 18.1. The van der Waals surface area contributed by atoms with E-state index in [0.29, 0.717) is 12.1 Å². The van der Waals surface area contributed by atoms with Gasteiger partial charge in [0.25, 0.3) is 5.91 Å². The normalized spacial score (nSPS) is 11.3. The summed E-state index contributed by atoms with van der Waals surface area (Å²) < 4.78 is 1.16. The van der Waals surface area contributed by atoms with E-state index >= 15 is 0 Å². The molecule has 4 nitrogen and oxygen atoms in total. The van der Waals surface area contributed by atoms with E-state index in [9.17, 15) is 4.79 Å². The van der Waals surface area contributed by atoms with E-state index < -0.39 is 0 Å². The van der Waals surface area contributed by atoms with Gasteiger partial charge in [0.2, 0.25) is 0 Å². The largest absolute Gasteiger partial charge is 0.338 e. The summed E-state index contributed by atoms with van der Waals surface area (Å²) in [5.74, 6) is 0.0114. The SMILES string of the molecule is CSc1ccc(C(=O)N(CC[NH+](C)C)c2nc3cc(C)cc(C)c3s2)cc1. The minimum atomic E-state index is 0.0114. The Balaban J connectivity index is 1.99. The summed E-state index contributed by atoms with van der Waals surface area (Å²) in [7, 11) is 4.20. The number of benzene rings is 2. The van der Waals surface area contributed by atoms with Crippen LogP contribution in [0.5, 0.6) is 0 Å². The molecule has 1 aromatic heterocycles. The minimum Gasteiger partial charge on any atom is -0.338 e. The summed E-state index contributed by atoms with van der Waals surface area (Å²) >= 11 is 3.28. The van der Waals surface area contributed by atoms with Crippen molar-refractivity contribution in [2.45, 2.75) is 18.7 Å². The number of anilines is 1. The number of aryl methyl sites for hydroxylation is 2. The highest BCUT2D eigenvalue weighted by molar-refractivity contribution is 7.98. The Morgan fingerprint density at radius 3 is 2.52 bits per heavy atom. The highest BCUT2D eigenvalue weighted by Gasteiger charge is 2.22. The minimum absolute atomic E-state index is 0.0114. The molecule has 3 rings (SSSR count).